The summed E-state index contributed by atoms with van der Waals surface area (Å²) in [5.41, 5.74) is 3.25. The summed E-state index contributed by atoms with van der Waals surface area (Å²) in [6.07, 6.45) is 0.607. The Balaban J connectivity index is 1.75. The van der Waals surface area contributed by atoms with Crippen molar-refractivity contribution >= 4 is 23.0 Å². The van der Waals surface area contributed by atoms with Crippen molar-refractivity contribution in [2.24, 2.45) is 5.10 Å². The first kappa shape index (κ1) is 17.6. The van der Waals surface area contributed by atoms with Crippen LogP contribution < -0.4 is 9.75 Å². The van der Waals surface area contributed by atoms with Gasteiger partial charge in [0.15, 0.2) is 0 Å². The molecule has 0 amide bonds. The molecule has 1 heterocycles. The molecule has 0 N–H and O–H groups in total. The van der Waals surface area contributed by atoms with Crippen LogP contribution in [-0.4, -0.2) is 12.8 Å². The van der Waals surface area contributed by atoms with Gasteiger partial charge in [-0.1, -0.05) is 41.9 Å². The van der Waals surface area contributed by atoms with Crippen LogP contribution in [-0.2, 0) is 0 Å². The normalized spacial score (nSPS) is 16.3. The van der Waals surface area contributed by atoms with Crippen molar-refractivity contribution in [1.29, 1.82) is 0 Å². The Morgan fingerprint density at radius 3 is 2.37 bits per heavy atom. The van der Waals surface area contributed by atoms with Crippen molar-refractivity contribution < 1.29 is 9.13 Å². The number of methoxy groups -OCH3 is 1. The van der Waals surface area contributed by atoms with E-state index in [1.54, 1.807) is 19.2 Å². The third kappa shape index (κ3) is 3.53. The number of benzene rings is 3. The number of rotatable bonds is 4. The van der Waals surface area contributed by atoms with Gasteiger partial charge in [-0.05, 0) is 48.0 Å². The molecule has 0 spiro atoms. The lowest BCUT2D eigenvalue weighted by molar-refractivity contribution is 0.414. The highest BCUT2D eigenvalue weighted by Crippen LogP contribution is 2.37. The molecule has 1 atom stereocenters. The summed E-state index contributed by atoms with van der Waals surface area (Å²) >= 11 is 6.03. The largest absolute Gasteiger partial charge is 0.497 e. The molecular weight excluding hydrogens is 363 g/mol. The standard InChI is InChI=1S/C22H18ClFN2O/c1-27-18-12-6-15(7-13-18)22-14-21(19-4-2-3-5-20(19)24)25-26(22)17-10-8-16(23)9-11-17/h2-13,22H,14H2,1H3/t22-/m1/s1. The summed E-state index contributed by atoms with van der Waals surface area (Å²) in [5, 5.41) is 7.35. The van der Waals surface area contributed by atoms with Crippen molar-refractivity contribution in [1.82, 2.24) is 0 Å². The van der Waals surface area contributed by atoms with Crippen LogP contribution in [0.5, 0.6) is 5.75 Å². The zero-order valence-electron chi connectivity index (χ0n) is 14.8. The molecule has 3 nitrogen and oxygen atoms in total. The second-order valence-electron chi connectivity index (χ2n) is 6.34. The van der Waals surface area contributed by atoms with Crippen LogP contribution in [0.1, 0.15) is 23.6 Å². The first-order valence-electron chi connectivity index (χ1n) is 8.67. The van der Waals surface area contributed by atoms with Crippen LogP contribution >= 0.6 is 11.6 Å². The number of nitrogens with zero attached hydrogens (tertiary/aromatic N) is 2. The van der Waals surface area contributed by atoms with Crippen LogP contribution in [0.3, 0.4) is 0 Å². The maximum atomic E-state index is 14.3. The topological polar surface area (TPSA) is 24.8 Å². The van der Waals surface area contributed by atoms with Gasteiger partial charge in [-0.15, -0.1) is 0 Å². The van der Waals surface area contributed by atoms with Crippen molar-refractivity contribution in [3.05, 3.63) is 94.8 Å². The van der Waals surface area contributed by atoms with Gasteiger partial charge in [-0.3, -0.25) is 5.01 Å². The van der Waals surface area contributed by atoms with Gasteiger partial charge in [0.25, 0.3) is 0 Å². The molecule has 1 aliphatic rings. The number of hydrazone groups is 1. The number of hydrogen-bond acceptors (Lipinski definition) is 3. The molecule has 0 saturated carbocycles. The lowest BCUT2D eigenvalue weighted by Crippen LogP contribution is -2.18. The molecule has 0 fully saturated rings. The van der Waals surface area contributed by atoms with E-state index < -0.39 is 0 Å². The third-order valence-electron chi connectivity index (χ3n) is 4.69. The van der Waals surface area contributed by atoms with Crippen LogP contribution in [0, 0.1) is 5.82 Å². The van der Waals surface area contributed by atoms with E-state index in [0.29, 0.717) is 17.0 Å². The van der Waals surface area contributed by atoms with E-state index in [2.05, 4.69) is 0 Å². The number of halogens is 2. The number of hydrogen-bond donors (Lipinski definition) is 0. The highest BCUT2D eigenvalue weighted by atomic mass is 35.5. The van der Waals surface area contributed by atoms with Crippen molar-refractivity contribution in [2.45, 2.75) is 12.5 Å². The van der Waals surface area contributed by atoms with Crippen molar-refractivity contribution in [3.8, 4) is 5.75 Å². The molecule has 136 valence electrons. The fourth-order valence-electron chi connectivity index (χ4n) is 3.29. The van der Waals surface area contributed by atoms with Gasteiger partial charge >= 0.3 is 0 Å². The minimum absolute atomic E-state index is 0.0355. The monoisotopic (exact) mass is 380 g/mol. The van der Waals surface area contributed by atoms with E-state index in [0.717, 1.165) is 22.7 Å². The third-order valence-corrected chi connectivity index (χ3v) is 4.94. The second kappa shape index (κ2) is 7.41. The lowest BCUT2D eigenvalue weighted by atomic mass is 9.98. The lowest BCUT2D eigenvalue weighted by Gasteiger charge is -2.24. The van der Waals surface area contributed by atoms with Gasteiger partial charge in [0.2, 0.25) is 0 Å². The molecule has 3 aromatic rings. The molecular formula is C22H18ClFN2O. The molecule has 0 aliphatic carbocycles. The SMILES string of the molecule is COc1ccc([C@H]2CC(c3ccccc3F)=NN2c2ccc(Cl)cc2)cc1. The quantitative estimate of drug-likeness (QED) is 0.567. The van der Waals surface area contributed by atoms with Crippen LogP contribution in [0.2, 0.25) is 5.02 Å². The molecule has 3 aromatic carbocycles. The molecule has 0 bridgehead atoms. The van der Waals surface area contributed by atoms with E-state index >= 15 is 0 Å². The summed E-state index contributed by atoms with van der Waals surface area (Å²) in [5.74, 6) is 0.535. The van der Waals surface area contributed by atoms with Crippen LogP contribution in [0.25, 0.3) is 0 Å². The smallest absolute Gasteiger partial charge is 0.132 e. The molecule has 1 aliphatic heterocycles. The predicted molar refractivity (Wildman–Crippen MR) is 107 cm³/mol. The van der Waals surface area contributed by atoms with Gasteiger partial charge in [-0.25, -0.2) is 4.39 Å². The van der Waals surface area contributed by atoms with E-state index in [1.807, 2.05) is 59.6 Å². The Bertz CT molecular complexity index is 970. The molecule has 0 unspecified atom stereocenters. The van der Waals surface area contributed by atoms with E-state index in [9.17, 15) is 4.39 Å². The average molecular weight is 381 g/mol. The van der Waals surface area contributed by atoms with Crippen LogP contribution in [0.15, 0.2) is 77.9 Å². The predicted octanol–water partition coefficient (Wildman–Crippen LogP) is 5.84. The molecule has 4 rings (SSSR count). The Hall–Kier alpha value is -2.85. The van der Waals surface area contributed by atoms with Gasteiger partial charge in [-0.2, -0.15) is 5.10 Å². The van der Waals surface area contributed by atoms with Crippen molar-refractivity contribution in [3.63, 3.8) is 0 Å². The zero-order chi connectivity index (χ0) is 18.8. The molecule has 0 aromatic heterocycles. The minimum atomic E-state index is -0.261. The molecule has 5 heteroatoms. The Labute approximate surface area is 162 Å². The summed E-state index contributed by atoms with van der Waals surface area (Å²) in [6, 6.07) is 22.1. The minimum Gasteiger partial charge on any atom is -0.497 e. The van der Waals surface area contributed by atoms with E-state index in [4.69, 9.17) is 21.4 Å². The van der Waals surface area contributed by atoms with Crippen LogP contribution in [0.4, 0.5) is 10.1 Å². The summed E-state index contributed by atoms with van der Waals surface area (Å²) in [4.78, 5) is 0. The fourth-order valence-corrected chi connectivity index (χ4v) is 3.41. The van der Waals surface area contributed by atoms with Gasteiger partial charge in [0, 0.05) is 17.0 Å². The maximum absolute atomic E-state index is 14.3. The first-order chi connectivity index (χ1) is 13.2. The highest BCUT2D eigenvalue weighted by molar-refractivity contribution is 6.30. The average Bonchev–Trinajstić information content (AvgIpc) is 3.14. The fraction of sp³-hybridized carbons (Fsp3) is 0.136. The van der Waals surface area contributed by atoms with Gasteiger partial charge < -0.3 is 4.74 Å². The van der Waals surface area contributed by atoms with E-state index in [-0.39, 0.29) is 11.9 Å². The number of ether oxygens (including phenoxy) is 1. The summed E-state index contributed by atoms with van der Waals surface area (Å²) in [6.45, 7) is 0. The molecule has 27 heavy (non-hydrogen) atoms. The van der Waals surface area contributed by atoms with Gasteiger partial charge in [0.05, 0.1) is 24.6 Å². The zero-order valence-corrected chi connectivity index (χ0v) is 15.5. The maximum Gasteiger partial charge on any atom is 0.132 e. The molecule has 0 radical (unpaired) electrons. The Morgan fingerprint density at radius 1 is 1.00 bits per heavy atom. The summed E-state index contributed by atoms with van der Waals surface area (Å²) < 4.78 is 19.6. The van der Waals surface area contributed by atoms with E-state index in [1.165, 1.54) is 6.07 Å². The second-order valence-corrected chi connectivity index (χ2v) is 6.78. The highest BCUT2D eigenvalue weighted by Gasteiger charge is 2.30. The first-order valence-corrected chi connectivity index (χ1v) is 9.04. The van der Waals surface area contributed by atoms with Crippen molar-refractivity contribution in [2.75, 3.05) is 12.1 Å². The number of anilines is 1. The van der Waals surface area contributed by atoms with Gasteiger partial charge in [0.1, 0.15) is 11.6 Å². The Kier molecular flexibility index (Phi) is 4.82. The Morgan fingerprint density at radius 2 is 1.70 bits per heavy atom. The molecule has 0 saturated heterocycles. The summed E-state index contributed by atoms with van der Waals surface area (Å²) in [7, 11) is 1.64.